The van der Waals surface area contributed by atoms with Crippen molar-refractivity contribution in [1.29, 1.82) is 0 Å². The summed E-state index contributed by atoms with van der Waals surface area (Å²) in [7, 11) is -3.80. The fraction of sp³-hybridized carbons (Fsp3) is 0.191. The van der Waals surface area contributed by atoms with Crippen molar-refractivity contribution in [3.63, 3.8) is 0 Å². The molecule has 0 N–H and O–H groups in total. The van der Waals surface area contributed by atoms with Gasteiger partial charge in [-0.25, -0.2) is 12.4 Å². The van der Waals surface area contributed by atoms with Crippen LogP contribution in [0.15, 0.2) is 161 Å². The zero-order valence-electron chi connectivity index (χ0n) is 30.2. The molecule has 0 fully saturated rings. The highest BCUT2D eigenvalue weighted by Gasteiger charge is 2.32. The zero-order valence-corrected chi connectivity index (χ0v) is 32.6. The van der Waals surface area contributed by atoms with E-state index in [1.807, 2.05) is 61.5 Å². The van der Waals surface area contributed by atoms with Crippen molar-refractivity contribution in [3.05, 3.63) is 195 Å². The first-order valence-electron chi connectivity index (χ1n) is 18.5. The second kappa shape index (κ2) is 15.7. The molecule has 7 aromatic rings. The van der Waals surface area contributed by atoms with Crippen LogP contribution in [0.3, 0.4) is 0 Å². The molecule has 0 aliphatic heterocycles. The first-order chi connectivity index (χ1) is 26.3. The van der Waals surface area contributed by atoms with E-state index in [1.54, 1.807) is 12.1 Å². The Morgan fingerprint density at radius 1 is 0.722 bits per heavy atom. The number of benzene rings is 6. The summed E-state index contributed by atoms with van der Waals surface area (Å²) in [5.41, 5.74) is 8.87. The lowest BCUT2D eigenvalue weighted by atomic mass is 9.69. The summed E-state index contributed by atoms with van der Waals surface area (Å²) in [5, 5.41) is 0.876. The third-order valence-corrected chi connectivity index (χ3v) is 12.8. The van der Waals surface area contributed by atoms with Crippen LogP contribution in [0, 0.1) is 6.92 Å². The summed E-state index contributed by atoms with van der Waals surface area (Å²) in [5.74, 6) is 2.25. The predicted octanol–water partition coefficient (Wildman–Crippen LogP) is 11.4. The lowest BCUT2D eigenvalue weighted by molar-refractivity contribution is 0.305. The summed E-state index contributed by atoms with van der Waals surface area (Å²) >= 11 is 3.54. The molecule has 7 heteroatoms. The van der Waals surface area contributed by atoms with E-state index in [2.05, 4.69) is 101 Å². The average molecular weight is 797 g/mol. The van der Waals surface area contributed by atoms with E-state index in [9.17, 15) is 8.42 Å². The minimum Gasteiger partial charge on any atom is -0.494 e. The summed E-state index contributed by atoms with van der Waals surface area (Å²) < 4.78 is 42.8. The Labute approximate surface area is 326 Å². The number of aromatic nitrogens is 1. The van der Waals surface area contributed by atoms with E-state index in [4.69, 9.17) is 9.47 Å². The number of halogens is 1. The van der Waals surface area contributed by atoms with Crippen LogP contribution in [-0.4, -0.2) is 19.0 Å². The highest BCUT2D eigenvalue weighted by Crippen LogP contribution is 2.47. The van der Waals surface area contributed by atoms with Crippen molar-refractivity contribution in [1.82, 2.24) is 3.97 Å². The summed E-state index contributed by atoms with van der Waals surface area (Å²) in [6, 6.07) is 51.0. The van der Waals surface area contributed by atoms with Gasteiger partial charge in [0.2, 0.25) is 0 Å². The SMILES string of the molecule is Cc1ccc(S(=O)(=O)n2c(CCCOc3ccc(C4c5ccc(OCc6ccccc6)cc5CC[C@@H]4c4ccccc4)cc3)cc3cc(Br)ccc32)cc1. The molecule has 0 amide bonds. The normalized spacial score (nSPS) is 15.5. The van der Waals surface area contributed by atoms with Crippen molar-refractivity contribution >= 4 is 36.9 Å². The van der Waals surface area contributed by atoms with E-state index in [0.29, 0.717) is 37.5 Å². The molecule has 6 aromatic carbocycles. The molecule has 0 bridgehead atoms. The van der Waals surface area contributed by atoms with Gasteiger partial charge in [-0.3, -0.25) is 0 Å². The fourth-order valence-electron chi connectivity index (χ4n) is 7.81. The molecule has 5 nitrogen and oxygen atoms in total. The Hall–Kier alpha value is -5.11. The van der Waals surface area contributed by atoms with Crippen LogP contribution in [-0.2, 0) is 29.5 Å². The van der Waals surface area contributed by atoms with Crippen molar-refractivity contribution in [2.75, 3.05) is 6.61 Å². The molecule has 2 atom stereocenters. The topological polar surface area (TPSA) is 57.5 Å². The van der Waals surface area contributed by atoms with Gasteiger partial charge in [-0.1, -0.05) is 112 Å². The first kappa shape index (κ1) is 35.9. The monoisotopic (exact) mass is 795 g/mol. The molecule has 0 spiro atoms. The lowest BCUT2D eigenvalue weighted by Crippen LogP contribution is -2.20. The number of fused-ring (bicyclic) bond motifs is 2. The van der Waals surface area contributed by atoms with Gasteiger partial charge in [0.25, 0.3) is 10.0 Å². The molecule has 1 unspecified atom stereocenters. The third-order valence-electron chi connectivity index (χ3n) is 10.5. The number of hydrogen-bond donors (Lipinski definition) is 0. The molecular weight excluding hydrogens is 754 g/mol. The minimum atomic E-state index is -3.80. The van der Waals surface area contributed by atoms with Crippen LogP contribution in [0.5, 0.6) is 11.5 Å². The molecular formula is C47H42BrNO4S. The Morgan fingerprint density at radius 3 is 2.20 bits per heavy atom. The molecule has 0 saturated heterocycles. The van der Waals surface area contributed by atoms with Gasteiger partial charge in [0.15, 0.2) is 0 Å². The smallest absolute Gasteiger partial charge is 0.268 e. The Morgan fingerprint density at radius 2 is 1.44 bits per heavy atom. The molecule has 272 valence electrons. The van der Waals surface area contributed by atoms with E-state index < -0.39 is 10.0 Å². The minimum absolute atomic E-state index is 0.200. The highest BCUT2D eigenvalue weighted by atomic mass is 79.9. The number of aryl methyl sites for hydroxylation is 3. The fourth-order valence-corrected chi connectivity index (χ4v) is 9.75. The maximum atomic E-state index is 13.9. The van der Waals surface area contributed by atoms with Gasteiger partial charge in [-0.05, 0) is 127 Å². The van der Waals surface area contributed by atoms with E-state index >= 15 is 0 Å². The van der Waals surface area contributed by atoms with Crippen LogP contribution >= 0.6 is 15.9 Å². The van der Waals surface area contributed by atoms with Crippen molar-refractivity contribution in [2.45, 2.75) is 55.9 Å². The highest BCUT2D eigenvalue weighted by molar-refractivity contribution is 9.10. The van der Waals surface area contributed by atoms with E-state index in [0.717, 1.165) is 51.0 Å². The molecule has 1 aliphatic carbocycles. The zero-order chi connectivity index (χ0) is 37.1. The third kappa shape index (κ3) is 7.61. The molecule has 0 saturated carbocycles. The van der Waals surface area contributed by atoms with Crippen LogP contribution in [0.25, 0.3) is 10.9 Å². The van der Waals surface area contributed by atoms with E-state index in [-0.39, 0.29) is 10.8 Å². The standard InChI is InChI=1S/C47H42BrNO4S/c1-33-14-23-43(24-15-33)54(50,51)49-40(30-38-29-39(48)19-27-46(38)49)13-8-28-52-41-20-16-36(17-21-41)47-44(35-11-6-3-7-12-35)25-18-37-31-42(22-26-45(37)47)53-32-34-9-4-2-5-10-34/h2-7,9-12,14-17,19-24,26-27,29-31,44,47H,8,13,18,25,28,32H2,1H3/t44-,47?/m1/s1. The number of hydrogen-bond acceptors (Lipinski definition) is 4. The molecule has 8 rings (SSSR count). The molecule has 1 heterocycles. The van der Waals surface area contributed by atoms with Crippen LogP contribution in [0.4, 0.5) is 0 Å². The largest absolute Gasteiger partial charge is 0.494 e. The summed E-state index contributed by atoms with van der Waals surface area (Å²) in [6.07, 6.45) is 3.25. The van der Waals surface area contributed by atoms with Gasteiger partial charge >= 0.3 is 0 Å². The van der Waals surface area contributed by atoms with Crippen molar-refractivity contribution in [2.24, 2.45) is 0 Å². The van der Waals surface area contributed by atoms with Crippen molar-refractivity contribution in [3.8, 4) is 11.5 Å². The lowest BCUT2D eigenvalue weighted by Gasteiger charge is -2.35. The summed E-state index contributed by atoms with van der Waals surface area (Å²) in [4.78, 5) is 0.276. The summed E-state index contributed by atoms with van der Waals surface area (Å²) in [6.45, 7) is 2.96. The predicted molar refractivity (Wildman–Crippen MR) is 220 cm³/mol. The first-order valence-corrected chi connectivity index (χ1v) is 20.8. The van der Waals surface area contributed by atoms with Crippen LogP contribution in [0.2, 0.25) is 0 Å². The van der Waals surface area contributed by atoms with Gasteiger partial charge in [-0.15, -0.1) is 0 Å². The second-order valence-electron chi connectivity index (χ2n) is 14.1. The second-order valence-corrected chi connectivity index (χ2v) is 16.8. The van der Waals surface area contributed by atoms with Gasteiger partial charge < -0.3 is 9.47 Å². The molecule has 1 aromatic heterocycles. The average Bonchev–Trinajstić information content (AvgIpc) is 3.57. The molecule has 1 aliphatic rings. The van der Waals surface area contributed by atoms with Gasteiger partial charge in [0, 0.05) is 21.5 Å². The Bertz CT molecular complexity index is 2480. The van der Waals surface area contributed by atoms with Crippen LogP contribution in [0.1, 0.15) is 63.8 Å². The quantitative estimate of drug-likeness (QED) is 0.116. The van der Waals surface area contributed by atoms with Crippen LogP contribution < -0.4 is 9.47 Å². The number of nitrogens with zero attached hydrogens (tertiary/aromatic N) is 1. The maximum Gasteiger partial charge on any atom is 0.268 e. The number of ether oxygens (including phenoxy) is 2. The Kier molecular flexibility index (Phi) is 10.4. The number of rotatable bonds is 12. The van der Waals surface area contributed by atoms with Crippen molar-refractivity contribution < 1.29 is 17.9 Å². The molecule has 0 radical (unpaired) electrons. The van der Waals surface area contributed by atoms with Gasteiger partial charge in [0.1, 0.15) is 18.1 Å². The Balaban J connectivity index is 0.987. The maximum absolute atomic E-state index is 13.9. The molecule has 54 heavy (non-hydrogen) atoms. The van der Waals surface area contributed by atoms with E-state index in [1.165, 1.54) is 26.2 Å². The van der Waals surface area contributed by atoms with Gasteiger partial charge in [0.05, 0.1) is 17.0 Å². The van der Waals surface area contributed by atoms with Gasteiger partial charge in [-0.2, -0.15) is 0 Å².